The van der Waals surface area contributed by atoms with Crippen molar-refractivity contribution in [3.63, 3.8) is 0 Å². The number of amides is 1. The molecule has 3 atom stereocenters. The normalized spacial score (nSPS) is 25.0. The van der Waals surface area contributed by atoms with E-state index < -0.39 is 17.8 Å². The molecule has 1 aromatic heterocycles. The summed E-state index contributed by atoms with van der Waals surface area (Å²) < 4.78 is 0.696. The van der Waals surface area contributed by atoms with Gasteiger partial charge in [-0.2, -0.15) is 0 Å². The van der Waals surface area contributed by atoms with Crippen LogP contribution in [0, 0.1) is 17.8 Å². The Labute approximate surface area is 133 Å². The van der Waals surface area contributed by atoms with Crippen LogP contribution in [0.5, 0.6) is 0 Å². The van der Waals surface area contributed by atoms with Crippen LogP contribution in [0.15, 0.2) is 12.1 Å². The largest absolute Gasteiger partial charge is 0.481 e. The highest BCUT2D eigenvalue weighted by molar-refractivity contribution is 7.16. The number of hydrogen-bond acceptors (Lipinski definition) is 3. The SMILES string of the molecule is CCC1C[C@H](C(=O)N(C)Cc2ccc(Cl)s2)[C@H](C(=O)O)C1. The van der Waals surface area contributed by atoms with Gasteiger partial charge in [-0.15, -0.1) is 11.3 Å². The van der Waals surface area contributed by atoms with E-state index in [0.29, 0.717) is 29.6 Å². The lowest BCUT2D eigenvalue weighted by molar-refractivity contribution is -0.148. The van der Waals surface area contributed by atoms with Gasteiger partial charge in [0.05, 0.1) is 22.7 Å². The average molecular weight is 330 g/mol. The van der Waals surface area contributed by atoms with Gasteiger partial charge < -0.3 is 10.0 Å². The van der Waals surface area contributed by atoms with Crippen molar-refractivity contribution in [2.24, 2.45) is 17.8 Å². The third-order valence-electron chi connectivity index (χ3n) is 4.27. The number of aliphatic carboxylic acids is 1. The highest BCUT2D eigenvalue weighted by Gasteiger charge is 2.43. The van der Waals surface area contributed by atoms with Gasteiger partial charge in [-0.25, -0.2) is 0 Å². The number of thiophene rings is 1. The van der Waals surface area contributed by atoms with E-state index in [2.05, 4.69) is 0 Å². The molecule has 116 valence electrons. The Bertz CT molecular complexity index is 531. The average Bonchev–Trinajstić information content (AvgIpc) is 3.04. The molecule has 21 heavy (non-hydrogen) atoms. The molecule has 0 spiro atoms. The standard InChI is InChI=1S/C15H20ClNO3S/c1-3-9-6-11(12(7-9)15(19)20)14(18)17(2)8-10-4-5-13(16)21-10/h4-5,9,11-12H,3,6-8H2,1-2H3,(H,19,20)/t9?,11-,12+/m0/s1. The third kappa shape index (κ3) is 3.77. The molecule has 2 rings (SSSR count). The summed E-state index contributed by atoms with van der Waals surface area (Å²) in [6.07, 6.45) is 2.22. The van der Waals surface area contributed by atoms with Gasteiger partial charge in [-0.05, 0) is 30.9 Å². The number of halogens is 1. The van der Waals surface area contributed by atoms with E-state index >= 15 is 0 Å². The summed E-state index contributed by atoms with van der Waals surface area (Å²) >= 11 is 7.33. The van der Waals surface area contributed by atoms with Gasteiger partial charge in [0.1, 0.15) is 0 Å². The predicted octanol–water partition coefficient (Wildman–Crippen LogP) is 3.50. The molecule has 1 aliphatic rings. The van der Waals surface area contributed by atoms with Gasteiger partial charge in [-0.1, -0.05) is 24.9 Å². The van der Waals surface area contributed by atoms with Crippen molar-refractivity contribution in [3.8, 4) is 0 Å². The Kier molecular flexibility index (Phi) is 5.27. The minimum absolute atomic E-state index is 0.0668. The minimum Gasteiger partial charge on any atom is -0.481 e. The highest BCUT2D eigenvalue weighted by atomic mass is 35.5. The molecule has 0 bridgehead atoms. The molecule has 0 aliphatic heterocycles. The van der Waals surface area contributed by atoms with Crippen molar-refractivity contribution in [1.82, 2.24) is 4.90 Å². The van der Waals surface area contributed by atoms with Crippen LogP contribution >= 0.6 is 22.9 Å². The summed E-state index contributed by atoms with van der Waals surface area (Å²) in [7, 11) is 1.73. The molecular formula is C15H20ClNO3S. The smallest absolute Gasteiger partial charge is 0.307 e. The Morgan fingerprint density at radius 2 is 2.05 bits per heavy atom. The lowest BCUT2D eigenvalue weighted by atomic mass is 9.95. The monoisotopic (exact) mass is 329 g/mol. The Balaban J connectivity index is 2.05. The number of carbonyl (C=O) groups is 2. The summed E-state index contributed by atoms with van der Waals surface area (Å²) in [4.78, 5) is 26.6. The quantitative estimate of drug-likeness (QED) is 0.899. The molecule has 1 aliphatic carbocycles. The maximum atomic E-state index is 12.6. The number of nitrogens with zero attached hydrogens (tertiary/aromatic N) is 1. The molecule has 1 fully saturated rings. The van der Waals surface area contributed by atoms with Gasteiger partial charge in [-0.3, -0.25) is 9.59 Å². The first-order chi connectivity index (χ1) is 9.92. The van der Waals surface area contributed by atoms with Gasteiger partial charge >= 0.3 is 5.97 Å². The summed E-state index contributed by atoms with van der Waals surface area (Å²) in [5, 5.41) is 9.33. The molecule has 1 heterocycles. The van der Waals surface area contributed by atoms with Gasteiger partial charge in [0, 0.05) is 11.9 Å². The molecule has 4 nitrogen and oxygen atoms in total. The van der Waals surface area contributed by atoms with Gasteiger partial charge in [0.25, 0.3) is 0 Å². The second-order valence-corrected chi connectivity index (χ2v) is 7.50. The van der Waals surface area contributed by atoms with E-state index in [-0.39, 0.29) is 5.91 Å². The van der Waals surface area contributed by atoms with Crippen LogP contribution in [0.4, 0.5) is 0 Å². The van der Waals surface area contributed by atoms with E-state index in [9.17, 15) is 14.7 Å². The van der Waals surface area contributed by atoms with Crippen molar-refractivity contribution in [1.29, 1.82) is 0 Å². The first-order valence-electron chi connectivity index (χ1n) is 7.14. The zero-order chi connectivity index (χ0) is 15.6. The summed E-state index contributed by atoms with van der Waals surface area (Å²) in [5.74, 6) is -1.52. The van der Waals surface area contributed by atoms with Crippen LogP contribution in [0.3, 0.4) is 0 Å². The van der Waals surface area contributed by atoms with Crippen LogP contribution < -0.4 is 0 Å². The Morgan fingerprint density at radius 1 is 1.38 bits per heavy atom. The maximum absolute atomic E-state index is 12.6. The fourth-order valence-electron chi connectivity index (χ4n) is 3.05. The molecule has 1 unspecified atom stereocenters. The number of carboxylic acid groups (broad SMARTS) is 1. The van der Waals surface area contributed by atoms with Crippen LogP contribution in [-0.4, -0.2) is 28.9 Å². The lowest BCUT2D eigenvalue weighted by Crippen LogP contribution is -2.36. The van der Waals surface area contributed by atoms with Crippen molar-refractivity contribution in [2.45, 2.75) is 32.7 Å². The fraction of sp³-hybridized carbons (Fsp3) is 0.600. The predicted molar refractivity (Wildman–Crippen MR) is 83.4 cm³/mol. The van der Waals surface area contributed by atoms with E-state index in [1.807, 2.05) is 19.1 Å². The highest BCUT2D eigenvalue weighted by Crippen LogP contribution is 2.39. The lowest BCUT2D eigenvalue weighted by Gasteiger charge is -2.23. The first kappa shape index (κ1) is 16.3. The maximum Gasteiger partial charge on any atom is 0.307 e. The van der Waals surface area contributed by atoms with Crippen molar-refractivity contribution in [2.75, 3.05) is 7.05 Å². The molecule has 0 radical (unpaired) electrons. The van der Waals surface area contributed by atoms with E-state index in [1.165, 1.54) is 11.3 Å². The summed E-state index contributed by atoms with van der Waals surface area (Å²) in [6, 6.07) is 3.71. The van der Waals surface area contributed by atoms with Crippen LogP contribution in [0.2, 0.25) is 4.34 Å². The fourth-order valence-corrected chi connectivity index (χ4v) is 4.19. The van der Waals surface area contributed by atoms with E-state index in [0.717, 1.165) is 11.3 Å². The number of hydrogen-bond donors (Lipinski definition) is 1. The Hall–Kier alpha value is -1.07. The molecule has 1 amide bonds. The Morgan fingerprint density at radius 3 is 2.57 bits per heavy atom. The second kappa shape index (κ2) is 6.79. The van der Waals surface area contributed by atoms with E-state index in [1.54, 1.807) is 11.9 Å². The number of carboxylic acids is 1. The van der Waals surface area contributed by atoms with Crippen molar-refractivity contribution < 1.29 is 14.7 Å². The zero-order valence-electron chi connectivity index (χ0n) is 12.2. The van der Waals surface area contributed by atoms with Crippen LogP contribution in [-0.2, 0) is 16.1 Å². The number of rotatable bonds is 5. The second-order valence-electron chi connectivity index (χ2n) is 5.70. The molecule has 6 heteroatoms. The third-order valence-corrected chi connectivity index (χ3v) is 5.49. The first-order valence-corrected chi connectivity index (χ1v) is 8.33. The van der Waals surface area contributed by atoms with Crippen molar-refractivity contribution in [3.05, 3.63) is 21.3 Å². The molecular weight excluding hydrogens is 310 g/mol. The summed E-state index contributed by atoms with van der Waals surface area (Å²) in [5.41, 5.74) is 0. The topological polar surface area (TPSA) is 57.6 Å². The van der Waals surface area contributed by atoms with Gasteiger partial charge in [0.15, 0.2) is 0 Å². The van der Waals surface area contributed by atoms with Crippen LogP contribution in [0.25, 0.3) is 0 Å². The molecule has 0 saturated heterocycles. The molecule has 1 saturated carbocycles. The summed E-state index contributed by atoms with van der Waals surface area (Å²) in [6.45, 7) is 2.53. The zero-order valence-corrected chi connectivity index (χ0v) is 13.8. The van der Waals surface area contributed by atoms with Crippen molar-refractivity contribution >= 4 is 34.8 Å². The van der Waals surface area contributed by atoms with Gasteiger partial charge in [0.2, 0.25) is 5.91 Å². The number of carbonyl (C=O) groups excluding carboxylic acids is 1. The van der Waals surface area contributed by atoms with E-state index in [4.69, 9.17) is 11.6 Å². The molecule has 1 N–H and O–H groups in total. The molecule has 0 aromatic carbocycles. The van der Waals surface area contributed by atoms with Crippen LogP contribution in [0.1, 0.15) is 31.1 Å². The molecule has 1 aromatic rings. The minimum atomic E-state index is -0.850.